The van der Waals surface area contributed by atoms with Gasteiger partial charge in [-0.3, -0.25) is 0 Å². The molecule has 0 aliphatic heterocycles. The summed E-state index contributed by atoms with van der Waals surface area (Å²) in [4.78, 5) is 17.8. The van der Waals surface area contributed by atoms with Crippen LogP contribution in [0.3, 0.4) is 0 Å². The van der Waals surface area contributed by atoms with Crippen molar-refractivity contribution in [3.05, 3.63) is 84.6 Å². The molecule has 0 atom stereocenters. The zero-order chi connectivity index (χ0) is 18.8. The van der Waals surface area contributed by atoms with Gasteiger partial charge in [0.1, 0.15) is 0 Å². The van der Waals surface area contributed by atoms with Gasteiger partial charge < -0.3 is 0 Å². The summed E-state index contributed by atoms with van der Waals surface area (Å²) < 4.78 is 3.31. The number of aryl methyl sites for hydroxylation is 2. The van der Waals surface area contributed by atoms with Crippen LogP contribution >= 0.6 is 0 Å². The first kappa shape index (κ1) is 16.2. The van der Waals surface area contributed by atoms with Crippen LogP contribution in [0.4, 0.5) is 0 Å². The summed E-state index contributed by atoms with van der Waals surface area (Å²) in [7, 11) is 0. The van der Waals surface area contributed by atoms with Crippen LogP contribution in [0.25, 0.3) is 23.2 Å². The second-order valence-electron chi connectivity index (χ2n) is 6.24. The fourth-order valence-electron chi connectivity index (χ4n) is 2.97. The van der Waals surface area contributed by atoms with Crippen LogP contribution in [0, 0.1) is 0 Å². The minimum Gasteiger partial charge on any atom is -0.237 e. The molecule has 0 bridgehead atoms. The fourth-order valence-corrected chi connectivity index (χ4v) is 2.97. The van der Waals surface area contributed by atoms with Crippen molar-refractivity contribution in [2.45, 2.75) is 12.8 Å². The number of fused-ring (bicyclic) bond motifs is 1. The normalized spacial score (nSPS) is 11.1. The molecule has 5 rings (SSSR count). The minimum atomic E-state index is 0.461. The number of aromatic nitrogens is 8. The predicted octanol–water partition coefficient (Wildman–Crippen LogP) is 2.55. The number of benzene rings is 1. The molecule has 28 heavy (non-hydrogen) atoms. The lowest BCUT2D eigenvalue weighted by molar-refractivity contribution is 0.795. The Hall–Kier alpha value is -3.94. The molecule has 0 N–H and O–H groups in total. The van der Waals surface area contributed by atoms with Gasteiger partial charge in [0.25, 0.3) is 5.78 Å². The number of pyridine rings is 1. The van der Waals surface area contributed by atoms with E-state index in [2.05, 4.69) is 37.3 Å². The topological polar surface area (TPSA) is 86.7 Å². The van der Waals surface area contributed by atoms with Crippen LogP contribution in [-0.2, 0) is 12.8 Å². The van der Waals surface area contributed by atoms with Crippen molar-refractivity contribution in [3.63, 3.8) is 0 Å². The summed E-state index contributed by atoms with van der Waals surface area (Å²) in [6, 6.07) is 17.8. The average Bonchev–Trinajstić information content (AvgIpc) is 3.38. The Kier molecular flexibility index (Phi) is 4.06. The number of nitrogens with zero attached hydrogens (tertiary/aromatic N) is 8. The SMILES string of the molecule is c1ccc(CCc2nc(-c3nc4ncccn4n3)n(-c3ccccn3)n2)cc1. The van der Waals surface area contributed by atoms with Gasteiger partial charge in [-0.05, 0) is 30.2 Å². The summed E-state index contributed by atoms with van der Waals surface area (Å²) in [5.41, 5.74) is 1.24. The van der Waals surface area contributed by atoms with E-state index in [-0.39, 0.29) is 0 Å². The van der Waals surface area contributed by atoms with E-state index in [0.29, 0.717) is 29.7 Å². The Labute approximate surface area is 160 Å². The molecule has 5 aromatic rings. The van der Waals surface area contributed by atoms with Gasteiger partial charge in [-0.25, -0.2) is 19.5 Å². The first-order valence-corrected chi connectivity index (χ1v) is 8.96. The zero-order valence-electron chi connectivity index (χ0n) is 14.9. The molecule has 8 nitrogen and oxygen atoms in total. The lowest BCUT2D eigenvalue weighted by Crippen LogP contribution is -2.03. The highest BCUT2D eigenvalue weighted by Gasteiger charge is 2.19. The van der Waals surface area contributed by atoms with E-state index in [1.165, 1.54) is 5.56 Å². The van der Waals surface area contributed by atoms with Gasteiger partial charge in [-0.1, -0.05) is 36.4 Å². The van der Waals surface area contributed by atoms with Gasteiger partial charge in [0.2, 0.25) is 11.6 Å². The molecule has 0 aliphatic rings. The molecule has 0 aliphatic carbocycles. The molecule has 136 valence electrons. The molecule has 4 aromatic heterocycles. The molecule has 0 radical (unpaired) electrons. The Morgan fingerprint density at radius 1 is 0.750 bits per heavy atom. The van der Waals surface area contributed by atoms with Crippen molar-refractivity contribution in [2.24, 2.45) is 0 Å². The van der Waals surface area contributed by atoms with E-state index in [1.807, 2.05) is 36.4 Å². The third-order valence-corrected chi connectivity index (χ3v) is 4.31. The van der Waals surface area contributed by atoms with E-state index in [9.17, 15) is 0 Å². The summed E-state index contributed by atoms with van der Waals surface area (Å²) >= 11 is 0. The molecular weight excluding hydrogens is 352 g/mol. The maximum atomic E-state index is 4.71. The van der Waals surface area contributed by atoms with E-state index >= 15 is 0 Å². The lowest BCUT2D eigenvalue weighted by Gasteiger charge is -2.01. The largest absolute Gasteiger partial charge is 0.252 e. The molecular formula is C20H16N8. The van der Waals surface area contributed by atoms with Gasteiger partial charge in [-0.15, -0.1) is 10.2 Å². The van der Waals surface area contributed by atoms with E-state index in [1.54, 1.807) is 33.9 Å². The average molecular weight is 368 g/mol. The monoisotopic (exact) mass is 368 g/mol. The maximum absolute atomic E-state index is 4.71. The molecule has 0 saturated heterocycles. The van der Waals surface area contributed by atoms with E-state index < -0.39 is 0 Å². The molecule has 0 fully saturated rings. The number of hydrogen-bond acceptors (Lipinski definition) is 6. The molecule has 0 unspecified atom stereocenters. The quantitative estimate of drug-likeness (QED) is 0.474. The summed E-state index contributed by atoms with van der Waals surface area (Å²) in [6.45, 7) is 0. The van der Waals surface area contributed by atoms with E-state index in [0.717, 1.165) is 12.2 Å². The number of rotatable bonds is 5. The van der Waals surface area contributed by atoms with Crippen molar-refractivity contribution >= 4 is 5.78 Å². The molecule has 0 spiro atoms. The van der Waals surface area contributed by atoms with Crippen LogP contribution in [0.5, 0.6) is 0 Å². The highest BCUT2D eigenvalue weighted by molar-refractivity contribution is 5.50. The van der Waals surface area contributed by atoms with Gasteiger partial charge >= 0.3 is 0 Å². The number of hydrogen-bond donors (Lipinski definition) is 0. The van der Waals surface area contributed by atoms with Gasteiger partial charge in [0, 0.05) is 25.0 Å². The van der Waals surface area contributed by atoms with Crippen LogP contribution in [0.1, 0.15) is 11.4 Å². The first-order chi connectivity index (χ1) is 13.9. The standard InChI is InChI=1S/C20H16N8/c1-2-7-15(8-3-1)10-11-16-23-19(28(25-16)17-9-4-5-12-21-17)18-24-20-22-13-6-14-27(20)26-18/h1-9,12-14H,10-11H2. The summed E-state index contributed by atoms with van der Waals surface area (Å²) in [5.74, 6) is 2.91. The predicted molar refractivity (Wildman–Crippen MR) is 103 cm³/mol. The molecule has 8 heteroatoms. The second kappa shape index (κ2) is 6.99. The molecule has 0 saturated carbocycles. The van der Waals surface area contributed by atoms with E-state index in [4.69, 9.17) is 4.98 Å². The van der Waals surface area contributed by atoms with Crippen LogP contribution < -0.4 is 0 Å². The Morgan fingerprint density at radius 3 is 2.43 bits per heavy atom. The molecule has 0 amide bonds. The van der Waals surface area contributed by atoms with Gasteiger partial charge in [-0.2, -0.15) is 9.67 Å². The maximum Gasteiger partial charge on any atom is 0.252 e. The minimum absolute atomic E-state index is 0.461. The fraction of sp³-hybridized carbons (Fsp3) is 0.100. The van der Waals surface area contributed by atoms with Crippen molar-refractivity contribution in [2.75, 3.05) is 0 Å². The third-order valence-electron chi connectivity index (χ3n) is 4.31. The Morgan fingerprint density at radius 2 is 1.61 bits per heavy atom. The van der Waals surface area contributed by atoms with Gasteiger partial charge in [0.15, 0.2) is 11.6 Å². The second-order valence-corrected chi connectivity index (χ2v) is 6.24. The van der Waals surface area contributed by atoms with Crippen LogP contribution in [-0.4, -0.2) is 39.3 Å². The summed E-state index contributed by atoms with van der Waals surface area (Å²) in [6.07, 6.45) is 6.78. The third kappa shape index (κ3) is 3.11. The van der Waals surface area contributed by atoms with Crippen LogP contribution in [0.15, 0.2) is 73.2 Å². The van der Waals surface area contributed by atoms with Crippen molar-refractivity contribution in [1.82, 2.24) is 39.3 Å². The Balaban J connectivity index is 1.55. The van der Waals surface area contributed by atoms with Crippen molar-refractivity contribution < 1.29 is 0 Å². The molecule has 1 aromatic carbocycles. The summed E-state index contributed by atoms with van der Waals surface area (Å²) in [5, 5.41) is 9.17. The highest BCUT2D eigenvalue weighted by atomic mass is 15.4. The smallest absolute Gasteiger partial charge is 0.237 e. The highest BCUT2D eigenvalue weighted by Crippen LogP contribution is 2.18. The lowest BCUT2D eigenvalue weighted by atomic mass is 10.1. The van der Waals surface area contributed by atoms with Crippen molar-refractivity contribution in [3.8, 4) is 17.5 Å². The Bertz CT molecular complexity index is 1180. The van der Waals surface area contributed by atoms with Crippen molar-refractivity contribution in [1.29, 1.82) is 0 Å². The van der Waals surface area contributed by atoms with Gasteiger partial charge in [0.05, 0.1) is 0 Å². The first-order valence-electron chi connectivity index (χ1n) is 8.96. The molecule has 4 heterocycles. The zero-order valence-corrected chi connectivity index (χ0v) is 14.9. The van der Waals surface area contributed by atoms with Crippen LogP contribution in [0.2, 0.25) is 0 Å².